The monoisotopic (exact) mass is 910 g/mol. The predicted octanol–water partition coefficient (Wildman–Crippen LogP) is 17.2. The molecule has 65 heavy (non-hydrogen) atoms. The van der Waals surface area contributed by atoms with Gasteiger partial charge >= 0.3 is 5.97 Å². The lowest BCUT2D eigenvalue weighted by Gasteiger charge is -2.24. The smallest absolute Gasteiger partial charge is 0.306 e. The highest BCUT2D eigenvalue weighted by Gasteiger charge is 2.24. The van der Waals surface area contributed by atoms with Crippen LogP contribution in [-0.4, -0.2) is 46.9 Å². The minimum Gasteiger partial charge on any atom is -0.462 e. The van der Waals surface area contributed by atoms with Crippen LogP contribution in [0.2, 0.25) is 0 Å². The standard InChI is InChI=1S/C59H107NO5/c1-4-7-10-13-16-19-22-25-27-29-30-33-36-39-42-45-48-51-57(62)56(54-61)60-58(63)53-55(50-47-44-41-38-35-32-24-21-18-15-12-9-6-3)65-59(64)52-49-46-43-40-37-34-31-28-26-23-20-17-14-11-8-5-2/h9,12,15,18,21,24,28,31,34,37,55-57,61-62H,4-8,10-11,13-14,16-17,19-20,22-23,25-27,29-30,32-33,35-36,38-54H2,1-3H3,(H,60,63)/b12-9+,18-15+,24-21+,31-28+,37-34+. The van der Waals surface area contributed by atoms with E-state index in [0.29, 0.717) is 19.3 Å². The average molecular weight is 911 g/mol. The Balaban J connectivity index is 4.57. The molecule has 0 aliphatic carbocycles. The number of hydrogen-bond donors (Lipinski definition) is 3. The predicted molar refractivity (Wildman–Crippen MR) is 282 cm³/mol. The summed E-state index contributed by atoms with van der Waals surface area (Å²) in [6.07, 6.45) is 65.7. The third kappa shape index (κ3) is 47.8. The van der Waals surface area contributed by atoms with Crippen LogP contribution in [0.4, 0.5) is 0 Å². The SMILES string of the molecule is CC/C=C/C=C/C=C/CCCCCCCC(CC(=O)NC(CO)C(O)CCCCCCCCCCCCCCCCCCC)OC(=O)CCCCC/C=C/C=C/CCCCCCCCC. The maximum atomic E-state index is 13.2. The number of rotatable bonds is 50. The number of esters is 1. The zero-order chi connectivity index (χ0) is 47.4. The molecule has 6 heteroatoms. The highest BCUT2D eigenvalue weighted by Crippen LogP contribution is 2.18. The minimum absolute atomic E-state index is 0.0527. The Morgan fingerprint density at radius 2 is 0.831 bits per heavy atom. The van der Waals surface area contributed by atoms with E-state index < -0.39 is 18.2 Å². The average Bonchev–Trinajstić information content (AvgIpc) is 3.30. The first-order chi connectivity index (χ1) is 32.0. The maximum absolute atomic E-state index is 13.2. The number of aliphatic hydroxyl groups is 2. The fourth-order valence-corrected chi connectivity index (χ4v) is 8.42. The van der Waals surface area contributed by atoms with Crippen LogP contribution >= 0.6 is 0 Å². The van der Waals surface area contributed by atoms with Crippen molar-refractivity contribution in [2.24, 2.45) is 0 Å². The summed E-state index contributed by atoms with van der Waals surface area (Å²) in [7, 11) is 0. The first-order valence-corrected chi connectivity index (χ1v) is 28.1. The Morgan fingerprint density at radius 3 is 1.26 bits per heavy atom. The van der Waals surface area contributed by atoms with Crippen LogP contribution in [0.5, 0.6) is 0 Å². The van der Waals surface area contributed by atoms with Gasteiger partial charge in [0.1, 0.15) is 6.10 Å². The zero-order valence-electron chi connectivity index (χ0n) is 43.1. The number of allylic oxidation sites excluding steroid dienone is 10. The Hall–Kier alpha value is -2.44. The summed E-state index contributed by atoms with van der Waals surface area (Å²) < 4.78 is 5.93. The Morgan fingerprint density at radius 1 is 0.462 bits per heavy atom. The Bertz CT molecular complexity index is 1160. The number of ether oxygens (including phenoxy) is 1. The summed E-state index contributed by atoms with van der Waals surface area (Å²) in [6, 6.07) is -0.716. The van der Waals surface area contributed by atoms with Crippen LogP contribution < -0.4 is 5.32 Å². The van der Waals surface area contributed by atoms with Crippen molar-refractivity contribution in [2.75, 3.05) is 6.61 Å². The normalized spacial score (nSPS) is 13.6. The molecule has 0 aromatic rings. The molecular formula is C59H107NO5. The molecule has 6 nitrogen and oxygen atoms in total. The molecule has 0 aromatic carbocycles. The lowest BCUT2D eigenvalue weighted by atomic mass is 10.0. The van der Waals surface area contributed by atoms with Gasteiger partial charge in [-0.05, 0) is 70.6 Å². The van der Waals surface area contributed by atoms with Crippen molar-refractivity contribution in [2.45, 2.75) is 296 Å². The van der Waals surface area contributed by atoms with Crippen molar-refractivity contribution in [1.82, 2.24) is 5.32 Å². The topological polar surface area (TPSA) is 95.9 Å². The van der Waals surface area contributed by atoms with Crippen molar-refractivity contribution >= 4 is 11.9 Å². The zero-order valence-corrected chi connectivity index (χ0v) is 43.1. The van der Waals surface area contributed by atoms with Crippen molar-refractivity contribution in [3.05, 3.63) is 60.8 Å². The number of amides is 1. The van der Waals surface area contributed by atoms with E-state index in [1.807, 2.05) is 0 Å². The van der Waals surface area contributed by atoms with Gasteiger partial charge in [-0.1, -0.05) is 255 Å². The van der Waals surface area contributed by atoms with Gasteiger partial charge in [-0.2, -0.15) is 0 Å². The lowest BCUT2D eigenvalue weighted by molar-refractivity contribution is -0.151. The number of nitrogens with one attached hydrogen (secondary N) is 1. The van der Waals surface area contributed by atoms with Crippen LogP contribution in [0, 0.1) is 0 Å². The van der Waals surface area contributed by atoms with Crippen LogP contribution in [-0.2, 0) is 14.3 Å². The van der Waals surface area contributed by atoms with Gasteiger partial charge in [0, 0.05) is 6.42 Å². The van der Waals surface area contributed by atoms with E-state index in [1.54, 1.807) is 0 Å². The molecule has 0 aliphatic rings. The Labute approximate surface area is 403 Å². The van der Waals surface area contributed by atoms with E-state index in [0.717, 1.165) is 96.3 Å². The van der Waals surface area contributed by atoms with Crippen molar-refractivity contribution in [1.29, 1.82) is 0 Å². The molecule has 3 unspecified atom stereocenters. The number of carbonyl (C=O) groups is 2. The third-order valence-corrected chi connectivity index (χ3v) is 12.7. The number of carbonyl (C=O) groups excluding carboxylic acids is 2. The number of unbranched alkanes of at least 4 members (excludes halogenated alkanes) is 31. The summed E-state index contributed by atoms with van der Waals surface area (Å²) in [5, 5.41) is 23.9. The summed E-state index contributed by atoms with van der Waals surface area (Å²) in [4.78, 5) is 26.2. The van der Waals surface area contributed by atoms with Crippen molar-refractivity contribution in [3.63, 3.8) is 0 Å². The molecule has 378 valence electrons. The van der Waals surface area contributed by atoms with Gasteiger partial charge < -0.3 is 20.3 Å². The van der Waals surface area contributed by atoms with Gasteiger partial charge in [0.15, 0.2) is 0 Å². The minimum atomic E-state index is -0.800. The summed E-state index contributed by atoms with van der Waals surface area (Å²) in [6.45, 7) is 6.36. The molecule has 0 spiro atoms. The second-order valence-electron chi connectivity index (χ2n) is 19.0. The highest BCUT2D eigenvalue weighted by molar-refractivity contribution is 5.77. The number of aliphatic hydroxyl groups excluding tert-OH is 2. The first-order valence-electron chi connectivity index (χ1n) is 28.1. The van der Waals surface area contributed by atoms with Gasteiger partial charge in [-0.15, -0.1) is 0 Å². The van der Waals surface area contributed by atoms with E-state index >= 15 is 0 Å². The molecule has 0 fully saturated rings. The van der Waals surface area contributed by atoms with Gasteiger partial charge in [0.25, 0.3) is 0 Å². The van der Waals surface area contributed by atoms with E-state index in [9.17, 15) is 19.8 Å². The van der Waals surface area contributed by atoms with E-state index in [4.69, 9.17) is 4.74 Å². The van der Waals surface area contributed by atoms with Gasteiger partial charge in [0.05, 0.1) is 25.2 Å². The van der Waals surface area contributed by atoms with Crippen LogP contribution in [0.3, 0.4) is 0 Å². The molecule has 3 N–H and O–H groups in total. The van der Waals surface area contributed by atoms with Crippen LogP contribution in [0.15, 0.2) is 60.8 Å². The van der Waals surface area contributed by atoms with Gasteiger partial charge in [-0.3, -0.25) is 9.59 Å². The number of hydrogen-bond acceptors (Lipinski definition) is 5. The summed E-state index contributed by atoms with van der Waals surface area (Å²) >= 11 is 0. The fraction of sp³-hybridized carbons (Fsp3) is 0.797. The third-order valence-electron chi connectivity index (χ3n) is 12.7. The van der Waals surface area contributed by atoms with Crippen molar-refractivity contribution < 1.29 is 24.5 Å². The molecule has 0 rings (SSSR count). The van der Waals surface area contributed by atoms with E-state index in [2.05, 4.69) is 86.8 Å². The quantitative estimate of drug-likeness (QED) is 0.0321. The maximum Gasteiger partial charge on any atom is 0.306 e. The summed E-state index contributed by atoms with van der Waals surface area (Å²) in [5.41, 5.74) is 0. The molecule has 0 aromatic heterocycles. The molecular weight excluding hydrogens is 803 g/mol. The molecule has 1 amide bonds. The molecule has 0 heterocycles. The molecule has 0 saturated heterocycles. The van der Waals surface area contributed by atoms with Crippen LogP contribution in [0.1, 0.15) is 278 Å². The molecule has 0 radical (unpaired) electrons. The van der Waals surface area contributed by atoms with Crippen molar-refractivity contribution in [3.8, 4) is 0 Å². The highest BCUT2D eigenvalue weighted by atomic mass is 16.5. The fourth-order valence-electron chi connectivity index (χ4n) is 8.42. The summed E-state index contributed by atoms with van der Waals surface area (Å²) in [5.74, 6) is -0.521. The second kappa shape index (κ2) is 52.5. The van der Waals surface area contributed by atoms with E-state index in [-0.39, 0.29) is 24.9 Å². The lowest BCUT2D eigenvalue weighted by Crippen LogP contribution is -2.46. The molecule has 0 saturated carbocycles. The van der Waals surface area contributed by atoms with Gasteiger partial charge in [-0.25, -0.2) is 0 Å². The second-order valence-corrected chi connectivity index (χ2v) is 19.0. The van der Waals surface area contributed by atoms with E-state index in [1.165, 1.54) is 135 Å². The first kappa shape index (κ1) is 62.6. The van der Waals surface area contributed by atoms with Crippen LogP contribution in [0.25, 0.3) is 0 Å². The molecule has 0 bridgehead atoms. The Kier molecular flexibility index (Phi) is 50.6. The van der Waals surface area contributed by atoms with Gasteiger partial charge in [0.2, 0.25) is 5.91 Å². The molecule has 0 aliphatic heterocycles. The molecule has 3 atom stereocenters. The largest absolute Gasteiger partial charge is 0.462 e.